The maximum Gasteiger partial charge on any atom is 0.387 e. The lowest BCUT2D eigenvalue weighted by molar-refractivity contribution is -0.0502. The summed E-state index contributed by atoms with van der Waals surface area (Å²) in [5.74, 6) is -1.12. The average molecular weight is 461 g/mol. The summed E-state index contributed by atoms with van der Waals surface area (Å²) in [7, 11) is 1.30. The van der Waals surface area contributed by atoms with Crippen LogP contribution in [0.15, 0.2) is 36.7 Å². The molecule has 0 radical (unpaired) electrons. The number of carbonyl (C=O) groups excluding carboxylic acids is 1. The Hall–Kier alpha value is -3.27. The quantitative estimate of drug-likeness (QED) is 0.559. The number of amides is 1. The summed E-state index contributed by atoms with van der Waals surface area (Å²) in [5.41, 5.74) is 1.38. The van der Waals surface area contributed by atoms with Gasteiger partial charge in [-0.2, -0.15) is 13.9 Å². The number of benzene rings is 1. The monoisotopic (exact) mass is 461 g/mol. The molecule has 0 bridgehead atoms. The van der Waals surface area contributed by atoms with Crippen LogP contribution in [0.2, 0.25) is 0 Å². The smallest absolute Gasteiger partial charge is 0.387 e. The number of carbonyl (C=O) groups is 1. The molecule has 2 aliphatic carbocycles. The van der Waals surface area contributed by atoms with Crippen LogP contribution in [0.1, 0.15) is 41.6 Å². The van der Waals surface area contributed by atoms with E-state index in [1.54, 1.807) is 23.0 Å². The summed E-state index contributed by atoms with van der Waals surface area (Å²) >= 11 is 0. The van der Waals surface area contributed by atoms with E-state index < -0.39 is 30.3 Å². The number of ether oxygens (including phenoxy) is 2. The Morgan fingerprint density at radius 1 is 1.30 bits per heavy atom. The number of pyridine rings is 1. The molecule has 2 atom stereocenters. The molecule has 0 aliphatic heterocycles. The van der Waals surface area contributed by atoms with Crippen LogP contribution in [0.25, 0.3) is 16.6 Å². The number of methoxy groups -OCH3 is 1. The summed E-state index contributed by atoms with van der Waals surface area (Å²) < 4.78 is 51.1. The molecule has 0 unspecified atom stereocenters. The first-order valence-electron chi connectivity index (χ1n) is 10.6. The van der Waals surface area contributed by atoms with E-state index >= 15 is 0 Å². The predicted octanol–water partition coefficient (Wildman–Crippen LogP) is 3.82. The summed E-state index contributed by atoms with van der Waals surface area (Å²) in [5, 5.41) is 17.4. The van der Waals surface area contributed by atoms with Gasteiger partial charge in [-0.3, -0.25) is 4.79 Å². The van der Waals surface area contributed by atoms with Gasteiger partial charge < -0.3 is 19.9 Å². The zero-order chi connectivity index (χ0) is 23.3. The van der Waals surface area contributed by atoms with Gasteiger partial charge >= 0.3 is 6.61 Å². The highest BCUT2D eigenvalue weighted by molar-refractivity contribution is 6.01. The Bertz CT molecular complexity index is 1230. The number of rotatable bonds is 7. The van der Waals surface area contributed by atoms with Crippen molar-refractivity contribution in [1.29, 1.82) is 0 Å². The molecule has 2 aromatic heterocycles. The van der Waals surface area contributed by atoms with Gasteiger partial charge in [-0.25, -0.2) is 8.91 Å². The summed E-state index contributed by atoms with van der Waals surface area (Å²) in [6.07, 6.45) is 4.66. The molecule has 2 N–H and O–H groups in total. The molecule has 5 rings (SSSR count). The Labute approximate surface area is 187 Å². The molecule has 33 heavy (non-hydrogen) atoms. The van der Waals surface area contributed by atoms with Crippen molar-refractivity contribution in [3.63, 3.8) is 0 Å². The molecular formula is C23H22F3N3O4. The van der Waals surface area contributed by atoms with E-state index in [4.69, 9.17) is 4.74 Å². The minimum Gasteiger partial charge on any atom is -0.496 e. The van der Waals surface area contributed by atoms with Gasteiger partial charge in [0.05, 0.1) is 30.5 Å². The van der Waals surface area contributed by atoms with E-state index in [-0.39, 0.29) is 23.5 Å². The van der Waals surface area contributed by atoms with Crippen LogP contribution in [0.3, 0.4) is 0 Å². The summed E-state index contributed by atoms with van der Waals surface area (Å²) in [6.45, 7) is -3.18. The lowest BCUT2D eigenvalue weighted by Crippen LogP contribution is -2.33. The zero-order valence-electron chi connectivity index (χ0n) is 17.7. The molecule has 1 amide bonds. The lowest BCUT2D eigenvalue weighted by Gasteiger charge is -2.36. The SMILES string of the molecule is COc1cc(-c2cnn3cc(C4(O)CCC4)ccc23)cc(OC(F)F)c1C(=O)N[C@@H]1C[C@@H]1F. The van der Waals surface area contributed by atoms with Crippen molar-refractivity contribution in [2.24, 2.45) is 0 Å². The summed E-state index contributed by atoms with van der Waals surface area (Å²) in [4.78, 5) is 12.7. The molecular weight excluding hydrogens is 439 g/mol. The summed E-state index contributed by atoms with van der Waals surface area (Å²) in [6, 6.07) is 5.80. The van der Waals surface area contributed by atoms with Crippen molar-refractivity contribution in [2.75, 3.05) is 7.11 Å². The van der Waals surface area contributed by atoms with Crippen LogP contribution in [0.4, 0.5) is 13.2 Å². The van der Waals surface area contributed by atoms with Gasteiger partial charge in [-0.05, 0) is 43.0 Å². The van der Waals surface area contributed by atoms with Gasteiger partial charge in [0.15, 0.2) is 0 Å². The maximum absolute atomic E-state index is 13.2. The van der Waals surface area contributed by atoms with E-state index in [1.807, 2.05) is 6.07 Å². The van der Waals surface area contributed by atoms with Crippen LogP contribution in [-0.4, -0.2) is 46.6 Å². The molecule has 2 saturated carbocycles. The Morgan fingerprint density at radius 3 is 2.64 bits per heavy atom. The fraction of sp³-hybridized carbons (Fsp3) is 0.391. The first-order chi connectivity index (χ1) is 15.8. The van der Waals surface area contributed by atoms with E-state index in [9.17, 15) is 23.1 Å². The molecule has 2 aliphatic rings. The predicted molar refractivity (Wildman–Crippen MR) is 112 cm³/mol. The molecule has 174 valence electrons. The zero-order valence-corrected chi connectivity index (χ0v) is 17.7. The van der Waals surface area contributed by atoms with E-state index in [2.05, 4.69) is 15.2 Å². The van der Waals surface area contributed by atoms with Gasteiger partial charge in [0.1, 0.15) is 23.2 Å². The highest BCUT2D eigenvalue weighted by Crippen LogP contribution is 2.42. The number of fused-ring (bicyclic) bond motifs is 1. The minimum absolute atomic E-state index is 0.0106. The topological polar surface area (TPSA) is 85.1 Å². The highest BCUT2D eigenvalue weighted by Gasteiger charge is 2.40. The third kappa shape index (κ3) is 3.88. The Balaban J connectivity index is 1.56. The Morgan fingerprint density at radius 2 is 2.03 bits per heavy atom. The average Bonchev–Trinajstić information content (AvgIpc) is 3.28. The highest BCUT2D eigenvalue weighted by atomic mass is 19.3. The van der Waals surface area contributed by atoms with Crippen LogP contribution in [0, 0.1) is 0 Å². The fourth-order valence-electron chi connectivity index (χ4n) is 4.16. The second-order valence-corrected chi connectivity index (χ2v) is 8.45. The number of alkyl halides is 3. The van der Waals surface area contributed by atoms with E-state index in [0.717, 1.165) is 12.0 Å². The number of hydrogen-bond donors (Lipinski definition) is 2. The first-order valence-corrected chi connectivity index (χ1v) is 10.6. The van der Waals surface area contributed by atoms with Crippen LogP contribution in [0.5, 0.6) is 11.5 Å². The third-order valence-corrected chi connectivity index (χ3v) is 6.30. The molecule has 0 saturated heterocycles. The van der Waals surface area contributed by atoms with Crippen molar-refractivity contribution in [2.45, 2.75) is 50.1 Å². The molecule has 7 nitrogen and oxygen atoms in total. The van der Waals surface area contributed by atoms with E-state index in [1.165, 1.54) is 19.2 Å². The van der Waals surface area contributed by atoms with Gasteiger partial charge in [-0.15, -0.1) is 0 Å². The second-order valence-electron chi connectivity index (χ2n) is 8.45. The number of nitrogens with one attached hydrogen (secondary N) is 1. The molecule has 2 fully saturated rings. The molecule has 0 spiro atoms. The molecule has 2 heterocycles. The van der Waals surface area contributed by atoms with Crippen LogP contribution < -0.4 is 14.8 Å². The van der Waals surface area contributed by atoms with Gasteiger partial charge in [-0.1, -0.05) is 6.07 Å². The fourth-order valence-corrected chi connectivity index (χ4v) is 4.16. The normalized spacial score (nSPS) is 21.0. The van der Waals surface area contributed by atoms with Gasteiger partial charge in [0.25, 0.3) is 5.91 Å². The standard InChI is InChI=1S/C23H22F3N3O4/c1-32-18-7-12(8-19(33-22(25)26)20(18)21(30)28-16-9-15(16)24)14-10-27-29-11-13(3-4-17(14)29)23(31)5-2-6-23/h3-4,7-8,10-11,15-16,22,31H,2,5-6,9H2,1H3,(H,28,30)/t15-,16+/m0/s1. The first kappa shape index (κ1) is 21.6. The molecule has 3 aromatic rings. The molecule has 10 heteroatoms. The van der Waals surface area contributed by atoms with Crippen molar-refractivity contribution < 1.29 is 32.5 Å². The second kappa shape index (κ2) is 7.95. The maximum atomic E-state index is 13.2. The third-order valence-electron chi connectivity index (χ3n) is 6.30. The number of halogens is 3. The lowest BCUT2D eigenvalue weighted by atomic mass is 9.76. The number of nitrogens with zero attached hydrogens (tertiary/aromatic N) is 2. The number of aliphatic hydroxyl groups is 1. The van der Waals surface area contributed by atoms with Crippen molar-refractivity contribution >= 4 is 11.4 Å². The van der Waals surface area contributed by atoms with Crippen molar-refractivity contribution in [3.8, 4) is 22.6 Å². The van der Waals surface area contributed by atoms with Crippen molar-refractivity contribution in [1.82, 2.24) is 14.9 Å². The number of hydrogen-bond acceptors (Lipinski definition) is 5. The van der Waals surface area contributed by atoms with E-state index in [0.29, 0.717) is 29.5 Å². The van der Waals surface area contributed by atoms with Gasteiger partial charge in [0, 0.05) is 23.7 Å². The van der Waals surface area contributed by atoms with Crippen LogP contribution in [-0.2, 0) is 5.60 Å². The minimum atomic E-state index is -3.18. The Kier molecular flexibility index (Phi) is 5.19. The van der Waals surface area contributed by atoms with Crippen molar-refractivity contribution in [3.05, 3.63) is 47.8 Å². The largest absolute Gasteiger partial charge is 0.496 e. The number of aromatic nitrogens is 2. The molecule has 1 aromatic carbocycles. The van der Waals surface area contributed by atoms with Crippen LogP contribution >= 0.6 is 0 Å². The van der Waals surface area contributed by atoms with Gasteiger partial charge in [0.2, 0.25) is 0 Å².